The smallest absolute Gasteiger partial charge is 0.218 e. The molecule has 0 aliphatic heterocycles. The van der Waals surface area contributed by atoms with Crippen LogP contribution in [0.3, 0.4) is 0 Å². The number of anilines is 1. The summed E-state index contributed by atoms with van der Waals surface area (Å²) in [4.78, 5) is 0. The summed E-state index contributed by atoms with van der Waals surface area (Å²) >= 11 is 1.43. The molecule has 0 radical (unpaired) electrons. The standard InChI is InChI=1S/C7H10N4S/c1-5(2)3-6-10-11-7(12-6)9-4-8/h5H,3H2,1-2H3,(H,9,11). The molecular weight excluding hydrogens is 172 g/mol. The molecule has 1 rings (SSSR count). The Bertz CT molecular complexity index is 286. The lowest BCUT2D eigenvalue weighted by Crippen LogP contribution is -1.92. The molecule has 0 saturated carbocycles. The third kappa shape index (κ3) is 2.47. The Morgan fingerprint density at radius 2 is 2.33 bits per heavy atom. The van der Waals surface area contributed by atoms with Gasteiger partial charge in [-0.15, -0.1) is 10.2 Å². The molecule has 12 heavy (non-hydrogen) atoms. The Labute approximate surface area is 75.2 Å². The molecular formula is C7H10N4S. The van der Waals surface area contributed by atoms with Crippen LogP contribution in [0.5, 0.6) is 0 Å². The summed E-state index contributed by atoms with van der Waals surface area (Å²) in [5, 5.41) is 20.0. The maximum atomic E-state index is 8.29. The predicted octanol–water partition coefficient (Wildman–Crippen LogP) is 1.63. The van der Waals surface area contributed by atoms with E-state index < -0.39 is 0 Å². The van der Waals surface area contributed by atoms with Crippen LogP contribution in [0.2, 0.25) is 0 Å². The second-order valence-corrected chi connectivity index (χ2v) is 3.90. The van der Waals surface area contributed by atoms with Gasteiger partial charge in [0.15, 0.2) is 6.19 Å². The van der Waals surface area contributed by atoms with E-state index in [1.165, 1.54) is 11.3 Å². The molecule has 0 amide bonds. The van der Waals surface area contributed by atoms with Crippen LogP contribution in [0.25, 0.3) is 0 Å². The molecule has 0 aliphatic carbocycles. The van der Waals surface area contributed by atoms with Crippen molar-refractivity contribution in [2.75, 3.05) is 5.32 Å². The maximum absolute atomic E-state index is 8.29. The van der Waals surface area contributed by atoms with Crippen molar-refractivity contribution in [3.05, 3.63) is 5.01 Å². The minimum atomic E-state index is 0.577. The highest BCUT2D eigenvalue weighted by atomic mass is 32.1. The fourth-order valence-electron chi connectivity index (χ4n) is 0.784. The zero-order valence-corrected chi connectivity index (χ0v) is 7.85. The molecule has 0 aromatic carbocycles. The van der Waals surface area contributed by atoms with Crippen molar-refractivity contribution in [2.24, 2.45) is 5.92 Å². The Morgan fingerprint density at radius 1 is 1.58 bits per heavy atom. The number of rotatable bonds is 3. The summed E-state index contributed by atoms with van der Waals surface area (Å²) < 4.78 is 0. The normalized spacial score (nSPS) is 9.83. The Hall–Kier alpha value is -1.15. The van der Waals surface area contributed by atoms with Crippen LogP contribution in [0, 0.1) is 17.4 Å². The van der Waals surface area contributed by atoms with E-state index in [1.807, 2.05) is 6.19 Å². The minimum absolute atomic E-state index is 0.577. The molecule has 1 aromatic heterocycles. The number of hydrogen-bond donors (Lipinski definition) is 1. The van der Waals surface area contributed by atoms with Crippen molar-refractivity contribution in [1.82, 2.24) is 10.2 Å². The zero-order valence-electron chi connectivity index (χ0n) is 7.03. The molecule has 1 aromatic rings. The van der Waals surface area contributed by atoms with Crippen molar-refractivity contribution in [3.63, 3.8) is 0 Å². The monoisotopic (exact) mass is 182 g/mol. The summed E-state index contributed by atoms with van der Waals surface area (Å²) in [5.41, 5.74) is 0. The fourth-order valence-corrected chi connectivity index (χ4v) is 1.68. The van der Waals surface area contributed by atoms with Gasteiger partial charge in [-0.2, -0.15) is 5.26 Å². The number of aromatic nitrogens is 2. The third-order valence-electron chi connectivity index (χ3n) is 1.21. The van der Waals surface area contributed by atoms with Gasteiger partial charge < -0.3 is 0 Å². The second-order valence-electron chi connectivity index (χ2n) is 2.84. The number of nitrogens with one attached hydrogen (secondary N) is 1. The highest BCUT2D eigenvalue weighted by Gasteiger charge is 2.04. The molecule has 4 nitrogen and oxygen atoms in total. The zero-order chi connectivity index (χ0) is 8.97. The van der Waals surface area contributed by atoms with Crippen LogP contribution in [0.15, 0.2) is 0 Å². The van der Waals surface area contributed by atoms with E-state index in [4.69, 9.17) is 5.26 Å². The largest absolute Gasteiger partial charge is 0.267 e. The Kier molecular flexibility index (Phi) is 3.00. The molecule has 0 spiro atoms. The molecule has 0 unspecified atom stereocenters. The fraction of sp³-hybridized carbons (Fsp3) is 0.571. The van der Waals surface area contributed by atoms with Crippen molar-refractivity contribution < 1.29 is 0 Å². The average molecular weight is 182 g/mol. The second kappa shape index (κ2) is 4.02. The summed E-state index contributed by atoms with van der Waals surface area (Å²) in [6.07, 6.45) is 2.73. The van der Waals surface area contributed by atoms with Gasteiger partial charge >= 0.3 is 0 Å². The van der Waals surface area contributed by atoms with Gasteiger partial charge in [0, 0.05) is 6.42 Å². The van der Waals surface area contributed by atoms with E-state index in [0.29, 0.717) is 11.0 Å². The first-order chi connectivity index (χ1) is 5.72. The van der Waals surface area contributed by atoms with E-state index in [1.54, 1.807) is 0 Å². The van der Waals surface area contributed by atoms with Crippen LogP contribution in [-0.2, 0) is 6.42 Å². The Morgan fingerprint density at radius 3 is 2.92 bits per heavy atom. The molecule has 5 heteroatoms. The van der Waals surface area contributed by atoms with Crippen molar-refractivity contribution in [1.29, 1.82) is 5.26 Å². The lowest BCUT2D eigenvalue weighted by atomic mass is 10.1. The van der Waals surface area contributed by atoms with Gasteiger partial charge in [-0.25, -0.2) is 0 Å². The topological polar surface area (TPSA) is 61.6 Å². The molecule has 64 valence electrons. The van der Waals surface area contributed by atoms with Crippen LogP contribution < -0.4 is 5.32 Å². The third-order valence-corrected chi connectivity index (χ3v) is 2.07. The quantitative estimate of drug-likeness (QED) is 0.570. The average Bonchev–Trinajstić information content (AvgIpc) is 2.36. The van der Waals surface area contributed by atoms with Gasteiger partial charge in [-0.1, -0.05) is 25.2 Å². The van der Waals surface area contributed by atoms with Crippen LogP contribution in [0.4, 0.5) is 5.13 Å². The Balaban J connectivity index is 2.59. The van der Waals surface area contributed by atoms with E-state index in [-0.39, 0.29) is 0 Å². The van der Waals surface area contributed by atoms with Crippen LogP contribution in [-0.4, -0.2) is 10.2 Å². The molecule has 1 heterocycles. The molecule has 0 fully saturated rings. The van der Waals surface area contributed by atoms with E-state index in [2.05, 4.69) is 29.4 Å². The van der Waals surface area contributed by atoms with Crippen molar-refractivity contribution >= 4 is 16.5 Å². The first-order valence-electron chi connectivity index (χ1n) is 3.70. The van der Waals surface area contributed by atoms with Gasteiger partial charge in [0.2, 0.25) is 5.13 Å². The summed E-state index contributed by atoms with van der Waals surface area (Å²) in [6.45, 7) is 4.25. The van der Waals surface area contributed by atoms with Crippen molar-refractivity contribution in [3.8, 4) is 6.19 Å². The maximum Gasteiger partial charge on any atom is 0.218 e. The molecule has 0 atom stereocenters. The summed E-state index contributed by atoms with van der Waals surface area (Å²) in [7, 11) is 0. The summed E-state index contributed by atoms with van der Waals surface area (Å²) in [6, 6.07) is 0. The first kappa shape index (κ1) is 8.94. The highest BCUT2D eigenvalue weighted by molar-refractivity contribution is 7.15. The number of nitriles is 1. The van der Waals surface area contributed by atoms with E-state index in [0.717, 1.165) is 11.4 Å². The van der Waals surface area contributed by atoms with Crippen molar-refractivity contribution in [2.45, 2.75) is 20.3 Å². The van der Waals surface area contributed by atoms with Gasteiger partial charge in [0.1, 0.15) is 5.01 Å². The predicted molar refractivity (Wildman–Crippen MR) is 47.7 cm³/mol. The van der Waals surface area contributed by atoms with Gasteiger partial charge in [-0.3, -0.25) is 5.32 Å². The first-order valence-corrected chi connectivity index (χ1v) is 4.51. The molecule has 0 bridgehead atoms. The summed E-state index contributed by atoms with van der Waals surface area (Å²) in [5.74, 6) is 0.577. The highest BCUT2D eigenvalue weighted by Crippen LogP contribution is 2.17. The van der Waals surface area contributed by atoms with Gasteiger partial charge in [0.05, 0.1) is 0 Å². The van der Waals surface area contributed by atoms with E-state index in [9.17, 15) is 0 Å². The lowest BCUT2D eigenvalue weighted by molar-refractivity contribution is 0.640. The van der Waals surface area contributed by atoms with Gasteiger partial charge in [-0.05, 0) is 5.92 Å². The van der Waals surface area contributed by atoms with Crippen LogP contribution in [0.1, 0.15) is 18.9 Å². The van der Waals surface area contributed by atoms with E-state index >= 15 is 0 Å². The minimum Gasteiger partial charge on any atom is -0.267 e. The van der Waals surface area contributed by atoms with Crippen LogP contribution >= 0.6 is 11.3 Å². The van der Waals surface area contributed by atoms with Gasteiger partial charge in [0.25, 0.3) is 0 Å². The molecule has 0 aliphatic rings. The molecule has 1 N–H and O–H groups in total. The SMILES string of the molecule is CC(C)Cc1nnc(NC#N)s1. The molecule has 0 saturated heterocycles. The number of hydrogen-bond acceptors (Lipinski definition) is 5. The lowest BCUT2D eigenvalue weighted by Gasteiger charge is -1.96. The number of nitrogens with zero attached hydrogens (tertiary/aromatic N) is 3.